The molecule has 0 aliphatic carbocycles. The number of hydrogen-bond acceptors (Lipinski definition) is 1. The minimum atomic E-state index is 0.553. The molecule has 0 heterocycles. The lowest BCUT2D eigenvalue weighted by molar-refractivity contribution is 0.367. The molecule has 0 radical (unpaired) electrons. The Morgan fingerprint density at radius 2 is 1.90 bits per heavy atom. The summed E-state index contributed by atoms with van der Waals surface area (Å²) < 4.78 is 0. The van der Waals surface area contributed by atoms with E-state index < -0.39 is 0 Å². The molecule has 1 nitrogen and oxygen atoms in total. The molecule has 0 rings (SSSR count). The lowest BCUT2D eigenvalue weighted by Crippen LogP contribution is -2.34. The second kappa shape index (κ2) is 4.67. The van der Waals surface area contributed by atoms with E-state index in [1.165, 1.54) is 0 Å². The van der Waals surface area contributed by atoms with Gasteiger partial charge in [0.1, 0.15) is 0 Å². The van der Waals surface area contributed by atoms with Crippen molar-refractivity contribution in [3.8, 4) is 0 Å². The Morgan fingerprint density at radius 1 is 1.40 bits per heavy atom. The minimum Gasteiger partial charge on any atom is -0.364 e. The lowest BCUT2D eigenvalue weighted by Gasteiger charge is -2.27. The molecule has 0 bridgehead atoms. The van der Waals surface area contributed by atoms with Crippen LogP contribution >= 0.6 is 12.2 Å². The highest BCUT2D eigenvalue weighted by Crippen LogP contribution is 2.01. The van der Waals surface area contributed by atoms with Crippen molar-refractivity contribution >= 4 is 17.2 Å². The lowest BCUT2D eigenvalue weighted by atomic mass is 10.3. The molecule has 0 saturated carbocycles. The molecule has 0 spiro atoms. The molecule has 0 N–H and O–H groups in total. The van der Waals surface area contributed by atoms with Gasteiger partial charge in [-0.1, -0.05) is 19.1 Å². The maximum atomic E-state index is 5.18. The number of nitrogens with zero attached hydrogens (tertiary/aromatic N) is 1. The van der Waals surface area contributed by atoms with Crippen LogP contribution in [0.4, 0.5) is 0 Å². The molecule has 0 unspecified atom stereocenters. The van der Waals surface area contributed by atoms with Gasteiger partial charge in [0.2, 0.25) is 0 Å². The van der Waals surface area contributed by atoms with Gasteiger partial charge in [-0.15, -0.1) is 0 Å². The van der Waals surface area contributed by atoms with Crippen LogP contribution in [0.3, 0.4) is 0 Å². The predicted molar refractivity (Wildman–Crippen MR) is 50.4 cm³/mol. The van der Waals surface area contributed by atoms with Crippen LogP contribution in [-0.2, 0) is 0 Å². The summed E-state index contributed by atoms with van der Waals surface area (Å²) in [5, 5.41) is 0. The van der Waals surface area contributed by atoms with Crippen LogP contribution < -0.4 is 0 Å². The summed E-state index contributed by atoms with van der Waals surface area (Å²) in [5.41, 5.74) is 0. The Morgan fingerprint density at radius 3 is 2.00 bits per heavy atom. The van der Waals surface area contributed by atoms with Gasteiger partial charge in [-0.25, -0.2) is 0 Å². The van der Waals surface area contributed by atoms with Gasteiger partial charge >= 0.3 is 0 Å². The average Bonchev–Trinajstić information content (AvgIpc) is 1.88. The van der Waals surface area contributed by atoms with Crippen molar-refractivity contribution in [2.75, 3.05) is 6.54 Å². The molecule has 0 aromatic rings. The Balaban J connectivity index is 3.93. The van der Waals surface area contributed by atoms with Gasteiger partial charge in [0.15, 0.2) is 0 Å². The van der Waals surface area contributed by atoms with Gasteiger partial charge in [-0.2, -0.15) is 0 Å². The summed E-state index contributed by atoms with van der Waals surface area (Å²) >= 11 is 5.18. The van der Waals surface area contributed by atoms with Gasteiger partial charge in [0, 0.05) is 12.6 Å². The zero-order valence-electron chi connectivity index (χ0n) is 7.35. The summed E-state index contributed by atoms with van der Waals surface area (Å²) in [6, 6.07) is 0.553. The third kappa shape index (κ3) is 2.65. The Hall–Kier alpha value is -0.110. The van der Waals surface area contributed by atoms with E-state index >= 15 is 0 Å². The SMILES string of the molecule is CCC(=S)N(CC)C(C)C. The van der Waals surface area contributed by atoms with Crippen LogP contribution in [0.5, 0.6) is 0 Å². The van der Waals surface area contributed by atoms with Crippen LogP contribution in [0, 0.1) is 0 Å². The first-order valence-corrected chi connectivity index (χ1v) is 4.33. The molecular formula is C8H17NS. The molecule has 60 valence electrons. The first kappa shape index (κ1) is 9.89. The fraction of sp³-hybridized carbons (Fsp3) is 0.875. The van der Waals surface area contributed by atoms with Gasteiger partial charge in [-0.05, 0) is 27.2 Å². The maximum Gasteiger partial charge on any atom is 0.0778 e. The van der Waals surface area contributed by atoms with Gasteiger partial charge < -0.3 is 4.90 Å². The zero-order valence-corrected chi connectivity index (χ0v) is 8.16. The number of rotatable bonds is 3. The summed E-state index contributed by atoms with van der Waals surface area (Å²) in [4.78, 5) is 3.33. The normalized spacial score (nSPS) is 10.1. The third-order valence-corrected chi connectivity index (χ3v) is 2.11. The molecule has 0 aromatic heterocycles. The van der Waals surface area contributed by atoms with Crippen molar-refractivity contribution in [3.63, 3.8) is 0 Å². The second-order valence-electron chi connectivity index (χ2n) is 2.63. The molecule has 0 aliphatic rings. The molecule has 0 amide bonds. The van der Waals surface area contributed by atoms with Crippen LogP contribution in [0.25, 0.3) is 0 Å². The van der Waals surface area contributed by atoms with E-state index in [0.29, 0.717) is 6.04 Å². The predicted octanol–water partition coefficient (Wildman–Crippen LogP) is 2.45. The van der Waals surface area contributed by atoms with E-state index in [4.69, 9.17) is 12.2 Å². The van der Waals surface area contributed by atoms with Crippen LogP contribution in [-0.4, -0.2) is 22.5 Å². The van der Waals surface area contributed by atoms with E-state index in [2.05, 4.69) is 32.6 Å². The molecule has 0 aliphatic heterocycles. The van der Waals surface area contributed by atoms with Crippen LogP contribution in [0.1, 0.15) is 34.1 Å². The fourth-order valence-corrected chi connectivity index (χ4v) is 1.37. The van der Waals surface area contributed by atoms with Crippen molar-refractivity contribution in [1.29, 1.82) is 0 Å². The summed E-state index contributed by atoms with van der Waals surface area (Å²) in [6.45, 7) is 9.62. The van der Waals surface area contributed by atoms with Crippen molar-refractivity contribution in [2.45, 2.75) is 40.2 Å². The first-order valence-electron chi connectivity index (χ1n) is 3.92. The standard InChI is InChI=1S/C8H17NS/c1-5-8(10)9(6-2)7(3)4/h7H,5-6H2,1-4H3. The smallest absolute Gasteiger partial charge is 0.0778 e. The van der Waals surface area contributed by atoms with Crippen molar-refractivity contribution in [2.24, 2.45) is 0 Å². The molecular weight excluding hydrogens is 142 g/mol. The average molecular weight is 159 g/mol. The van der Waals surface area contributed by atoms with Gasteiger partial charge in [0.25, 0.3) is 0 Å². The van der Waals surface area contributed by atoms with E-state index in [-0.39, 0.29) is 0 Å². The van der Waals surface area contributed by atoms with Crippen molar-refractivity contribution < 1.29 is 0 Å². The van der Waals surface area contributed by atoms with Gasteiger partial charge in [-0.3, -0.25) is 0 Å². The maximum absolute atomic E-state index is 5.18. The second-order valence-corrected chi connectivity index (χ2v) is 3.10. The zero-order chi connectivity index (χ0) is 8.15. The molecule has 0 aromatic carbocycles. The Labute approximate surface area is 69.4 Å². The molecule has 10 heavy (non-hydrogen) atoms. The summed E-state index contributed by atoms with van der Waals surface area (Å²) in [6.07, 6.45) is 0.987. The van der Waals surface area contributed by atoms with E-state index in [1.807, 2.05) is 0 Å². The quantitative estimate of drug-likeness (QED) is 0.582. The molecule has 2 heteroatoms. The van der Waals surface area contributed by atoms with Crippen molar-refractivity contribution in [3.05, 3.63) is 0 Å². The van der Waals surface area contributed by atoms with Crippen LogP contribution in [0.2, 0.25) is 0 Å². The largest absolute Gasteiger partial charge is 0.364 e. The van der Waals surface area contributed by atoms with Gasteiger partial charge in [0.05, 0.1) is 4.99 Å². The highest BCUT2D eigenvalue weighted by Gasteiger charge is 2.07. The van der Waals surface area contributed by atoms with Crippen LogP contribution in [0.15, 0.2) is 0 Å². The first-order chi connectivity index (χ1) is 4.63. The monoisotopic (exact) mass is 159 g/mol. The van der Waals surface area contributed by atoms with E-state index in [1.54, 1.807) is 0 Å². The molecule has 0 saturated heterocycles. The number of hydrogen-bond donors (Lipinski definition) is 0. The topological polar surface area (TPSA) is 3.24 Å². The Bertz CT molecular complexity index is 110. The minimum absolute atomic E-state index is 0.553. The number of thiocarbonyl (C=S) groups is 1. The summed E-state index contributed by atoms with van der Waals surface area (Å²) in [7, 11) is 0. The molecule has 0 fully saturated rings. The van der Waals surface area contributed by atoms with E-state index in [9.17, 15) is 0 Å². The van der Waals surface area contributed by atoms with E-state index in [0.717, 1.165) is 18.0 Å². The highest BCUT2D eigenvalue weighted by molar-refractivity contribution is 7.80. The summed E-state index contributed by atoms with van der Waals surface area (Å²) in [5.74, 6) is 0. The Kier molecular flexibility index (Phi) is 4.62. The third-order valence-electron chi connectivity index (χ3n) is 1.59. The fourth-order valence-electron chi connectivity index (χ4n) is 1.03. The highest BCUT2D eigenvalue weighted by atomic mass is 32.1. The van der Waals surface area contributed by atoms with Crippen molar-refractivity contribution in [1.82, 2.24) is 4.90 Å². The molecule has 0 atom stereocenters.